The van der Waals surface area contributed by atoms with Gasteiger partial charge in [-0.05, 0) is 32.9 Å². The smallest absolute Gasteiger partial charge is 0.170 e. The minimum Gasteiger partial charge on any atom is -0.304 e. The number of halogens is 4. The summed E-state index contributed by atoms with van der Waals surface area (Å²) in [5, 5.41) is 7.83. The van der Waals surface area contributed by atoms with Crippen molar-refractivity contribution in [2.75, 3.05) is 0 Å². The minimum atomic E-state index is -0.698. The molecule has 0 unspecified atom stereocenters. The fourth-order valence-corrected chi connectivity index (χ4v) is 2.60. The molecule has 0 fully saturated rings. The van der Waals surface area contributed by atoms with Gasteiger partial charge in [0, 0.05) is 10.0 Å². The van der Waals surface area contributed by atoms with Crippen LogP contribution < -0.4 is 0 Å². The highest BCUT2D eigenvalue weighted by atomic mass is 79.9. The number of benzene rings is 1. The van der Waals surface area contributed by atoms with Gasteiger partial charge in [0.15, 0.2) is 5.82 Å². The van der Waals surface area contributed by atoms with Gasteiger partial charge >= 0.3 is 0 Å². The van der Waals surface area contributed by atoms with E-state index in [9.17, 15) is 8.78 Å². The van der Waals surface area contributed by atoms with E-state index in [-0.39, 0.29) is 17.3 Å². The summed E-state index contributed by atoms with van der Waals surface area (Å²) < 4.78 is 30.2. The van der Waals surface area contributed by atoms with Crippen LogP contribution in [0.5, 0.6) is 0 Å². The first-order valence-corrected chi connectivity index (χ1v) is 7.24. The number of nitrogens with zero attached hydrogens (tertiary/aromatic N) is 3. The standard InChI is InChI=1S/C13H13BrClF2N3/c1-13(2,3)20-10(6-15)18-19-12(20)11-8(16)4-7(14)5-9(11)17/h4-5H,6H2,1-3H3. The largest absolute Gasteiger partial charge is 0.304 e. The molecule has 0 amide bonds. The van der Waals surface area contributed by atoms with E-state index < -0.39 is 17.2 Å². The van der Waals surface area contributed by atoms with E-state index in [0.717, 1.165) is 0 Å². The summed E-state index contributed by atoms with van der Waals surface area (Å²) in [7, 11) is 0. The molecular formula is C13H13BrClF2N3. The van der Waals surface area contributed by atoms with E-state index in [1.807, 2.05) is 20.8 Å². The van der Waals surface area contributed by atoms with Crippen LogP contribution in [0.4, 0.5) is 8.78 Å². The van der Waals surface area contributed by atoms with Crippen LogP contribution in [0.15, 0.2) is 16.6 Å². The molecule has 0 aliphatic rings. The zero-order valence-electron chi connectivity index (χ0n) is 11.2. The molecule has 3 nitrogen and oxygen atoms in total. The molecule has 1 aromatic heterocycles. The second-order valence-electron chi connectivity index (χ2n) is 5.32. The van der Waals surface area contributed by atoms with E-state index >= 15 is 0 Å². The maximum absolute atomic E-state index is 14.1. The molecule has 0 bridgehead atoms. The van der Waals surface area contributed by atoms with Crippen molar-refractivity contribution in [3.63, 3.8) is 0 Å². The third-order valence-electron chi connectivity index (χ3n) is 2.75. The van der Waals surface area contributed by atoms with Gasteiger partial charge in [0.05, 0.1) is 11.4 Å². The van der Waals surface area contributed by atoms with E-state index in [2.05, 4.69) is 26.1 Å². The van der Waals surface area contributed by atoms with Crippen LogP contribution in [-0.4, -0.2) is 14.8 Å². The van der Waals surface area contributed by atoms with E-state index in [1.54, 1.807) is 4.57 Å². The van der Waals surface area contributed by atoms with Gasteiger partial charge in [-0.3, -0.25) is 0 Å². The molecule has 0 atom stereocenters. The predicted octanol–water partition coefficient (Wildman–Crippen LogP) is 4.48. The van der Waals surface area contributed by atoms with Crippen LogP contribution in [0.1, 0.15) is 26.6 Å². The molecule has 0 spiro atoms. The quantitative estimate of drug-likeness (QED) is 0.736. The minimum absolute atomic E-state index is 0.115. The average molecular weight is 365 g/mol. The fraction of sp³-hybridized carbons (Fsp3) is 0.385. The molecule has 1 heterocycles. The maximum Gasteiger partial charge on any atom is 0.170 e. The zero-order valence-corrected chi connectivity index (χ0v) is 13.6. The second kappa shape index (κ2) is 5.41. The number of hydrogen-bond donors (Lipinski definition) is 0. The molecule has 0 aliphatic carbocycles. The van der Waals surface area contributed by atoms with Crippen molar-refractivity contribution in [2.24, 2.45) is 0 Å². The Morgan fingerprint density at radius 2 is 1.75 bits per heavy atom. The first-order valence-electron chi connectivity index (χ1n) is 5.91. The predicted molar refractivity (Wildman–Crippen MR) is 77.6 cm³/mol. The first-order chi connectivity index (χ1) is 9.25. The van der Waals surface area contributed by atoms with Crippen LogP contribution in [0, 0.1) is 11.6 Å². The van der Waals surface area contributed by atoms with Gasteiger partial charge in [-0.2, -0.15) is 0 Å². The molecule has 1 aromatic carbocycles. The van der Waals surface area contributed by atoms with Crippen molar-refractivity contribution >= 4 is 27.5 Å². The highest BCUT2D eigenvalue weighted by molar-refractivity contribution is 9.10. The molecule has 0 aliphatic heterocycles. The molecule has 2 aromatic rings. The van der Waals surface area contributed by atoms with E-state index in [1.165, 1.54) is 12.1 Å². The second-order valence-corrected chi connectivity index (χ2v) is 6.51. The van der Waals surface area contributed by atoms with Gasteiger partial charge in [-0.1, -0.05) is 15.9 Å². The van der Waals surface area contributed by atoms with Gasteiger partial charge in [0.2, 0.25) is 0 Å². The van der Waals surface area contributed by atoms with Gasteiger partial charge < -0.3 is 4.57 Å². The third kappa shape index (κ3) is 2.72. The SMILES string of the molecule is CC(C)(C)n1c(CCl)nnc1-c1c(F)cc(Br)cc1F. The summed E-state index contributed by atoms with van der Waals surface area (Å²) in [5.74, 6) is -0.678. The molecule has 0 saturated carbocycles. The van der Waals surface area contributed by atoms with Gasteiger partial charge in [0.25, 0.3) is 0 Å². The summed E-state index contributed by atoms with van der Waals surface area (Å²) in [6, 6.07) is 2.39. The molecule has 20 heavy (non-hydrogen) atoms. The van der Waals surface area contributed by atoms with Crippen LogP contribution in [-0.2, 0) is 11.4 Å². The van der Waals surface area contributed by atoms with Crippen molar-refractivity contribution in [3.05, 3.63) is 34.1 Å². The lowest BCUT2D eigenvalue weighted by Crippen LogP contribution is -2.25. The molecular weight excluding hydrogens is 352 g/mol. The molecule has 2 rings (SSSR count). The Bertz CT molecular complexity index is 627. The Morgan fingerprint density at radius 1 is 1.20 bits per heavy atom. The Morgan fingerprint density at radius 3 is 2.20 bits per heavy atom. The van der Waals surface area contributed by atoms with E-state index in [0.29, 0.717) is 10.3 Å². The molecule has 7 heteroatoms. The number of alkyl halides is 1. The first kappa shape index (κ1) is 15.4. The van der Waals surface area contributed by atoms with Crippen molar-refractivity contribution in [3.8, 4) is 11.4 Å². The van der Waals surface area contributed by atoms with Crippen LogP contribution in [0.3, 0.4) is 0 Å². The molecule has 0 saturated heterocycles. The Kier molecular flexibility index (Phi) is 4.16. The maximum atomic E-state index is 14.1. The summed E-state index contributed by atoms with van der Waals surface area (Å²) >= 11 is 8.88. The lowest BCUT2D eigenvalue weighted by Gasteiger charge is -2.24. The molecule has 0 N–H and O–H groups in total. The number of rotatable bonds is 2. The summed E-state index contributed by atoms with van der Waals surface area (Å²) in [6.07, 6.45) is 0. The monoisotopic (exact) mass is 363 g/mol. The van der Waals surface area contributed by atoms with Crippen molar-refractivity contribution < 1.29 is 8.78 Å². The van der Waals surface area contributed by atoms with Crippen LogP contribution in [0.25, 0.3) is 11.4 Å². The van der Waals surface area contributed by atoms with Crippen molar-refractivity contribution in [2.45, 2.75) is 32.2 Å². The van der Waals surface area contributed by atoms with E-state index in [4.69, 9.17) is 11.6 Å². The third-order valence-corrected chi connectivity index (χ3v) is 3.45. The van der Waals surface area contributed by atoms with Gasteiger partial charge in [0.1, 0.15) is 17.5 Å². The Hall–Kier alpha value is -1.01. The Labute approximate surface area is 129 Å². The topological polar surface area (TPSA) is 30.7 Å². The lowest BCUT2D eigenvalue weighted by molar-refractivity contribution is 0.389. The zero-order chi connectivity index (χ0) is 15.1. The highest BCUT2D eigenvalue weighted by Crippen LogP contribution is 2.32. The normalized spacial score (nSPS) is 11.9. The summed E-state index contributed by atoms with van der Waals surface area (Å²) in [6.45, 7) is 5.68. The molecule has 0 radical (unpaired) electrons. The fourth-order valence-electron chi connectivity index (χ4n) is 2.03. The number of hydrogen-bond acceptors (Lipinski definition) is 2. The number of aromatic nitrogens is 3. The average Bonchev–Trinajstić information content (AvgIpc) is 2.70. The lowest BCUT2D eigenvalue weighted by atomic mass is 10.1. The summed E-state index contributed by atoms with van der Waals surface area (Å²) in [4.78, 5) is 0. The molecule has 108 valence electrons. The van der Waals surface area contributed by atoms with Gasteiger partial charge in [-0.15, -0.1) is 21.8 Å². The summed E-state index contributed by atoms with van der Waals surface area (Å²) in [5.41, 5.74) is -0.651. The van der Waals surface area contributed by atoms with Crippen molar-refractivity contribution in [1.29, 1.82) is 0 Å². The Balaban J connectivity index is 2.75. The van der Waals surface area contributed by atoms with Gasteiger partial charge in [-0.25, -0.2) is 8.78 Å². The highest BCUT2D eigenvalue weighted by Gasteiger charge is 2.27. The van der Waals surface area contributed by atoms with Crippen LogP contribution in [0.2, 0.25) is 0 Å². The van der Waals surface area contributed by atoms with Crippen molar-refractivity contribution in [1.82, 2.24) is 14.8 Å². The van der Waals surface area contributed by atoms with Crippen LogP contribution >= 0.6 is 27.5 Å².